The van der Waals surface area contributed by atoms with Gasteiger partial charge in [-0.3, -0.25) is 4.79 Å². The first-order valence-corrected chi connectivity index (χ1v) is 8.26. The Labute approximate surface area is 132 Å². The number of likely N-dealkylation sites (tertiary alicyclic amines) is 1. The van der Waals surface area contributed by atoms with Crippen LogP contribution in [0, 0.1) is 0 Å². The molecule has 1 aliphatic carbocycles. The van der Waals surface area contributed by atoms with Crippen LogP contribution in [-0.2, 0) is 17.6 Å². The van der Waals surface area contributed by atoms with Crippen LogP contribution >= 0.6 is 0 Å². The van der Waals surface area contributed by atoms with E-state index in [9.17, 15) is 4.79 Å². The minimum atomic E-state index is 0.339. The molecule has 1 unspecified atom stereocenters. The number of fused-ring (bicyclic) bond motifs is 1. The van der Waals surface area contributed by atoms with Crippen molar-refractivity contribution in [1.29, 1.82) is 0 Å². The first-order valence-electron chi connectivity index (χ1n) is 8.26. The molecule has 120 valence electrons. The molecule has 1 aliphatic heterocycles. The summed E-state index contributed by atoms with van der Waals surface area (Å²) in [6, 6.07) is 4.52. The van der Waals surface area contributed by atoms with Gasteiger partial charge >= 0.3 is 0 Å². The second-order valence-electron chi connectivity index (χ2n) is 6.27. The molecule has 0 saturated carbocycles. The third-order valence-electron chi connectivity index (χ3n) is 4.96. The highest BCUT2D eigenvalue weighted by molar-refractivity contribution is 5.76. The van der Waals surface area contributed by atoms with Crippen molar-refractivity contribution in [2.24, 2.45) is 0 Å². The van der Waals surface area contributed by atoms with Crippen LogP contribution in [0.15, 0.2) is 12.1 Å². The number of hydrogen-bond acceptors (Lipinski definition) is 3. The standard InChI is InChI=1S/C18H25NO3/c1-21-16-11-13-7-8-15(10-14(13)12-17(16)22-2)19-9-5-3-4-6-18(19)20/h11-12,15H,3-10H2,1-2H3. The zero-order valence-corrected chi connectivity index (χ0v) is 13.6. The summed E-state index contributed by atoms with van der Waals surface area (Å²) in [5, 5.41) is 0. The number of hydrogen-bond donors (Lipinski definition) is 0. The summed E-state index contributed by atoms with van der Waals surface area (Å²) in [7, 11) is 3.34. The van der Waals surface area contributed by atoms with E-state index >= 15 is 0 Å². The van der Waals surface area contributed by atoms with E-state index in [-0.39, 0.29) is 0 Å². The summed E-state index contributed by atoms with van der Waals surface area (Å²) in [6.07, 6.45) is 7.07. The van der Waals surface area contributed by atoms with E-state index < -0.39 is 0 Å². The van der Waals surface area contributed by atoms with Gasteiger partial charge in [0.2, 0.25) is 5.91 Å². The maximum Gasteiger partial charge on any atom is 0.222 e. The van der Waals surface area contributed by atoms with E-state index in [4.69, 9.17) is 9.47 Å². The van der Waals surface area contributed by atoms with E-state index in [0.29, 0.717) is 11.9 Å². The Hall–Kier alpha value is -1.71. The number of carbonyl (C=O) groups is 1. The minimum Gasteiger partial charge on any atom is -0.493 e. The van der Waals surface area contributed by atoms with Gasteiger partial charge in [0.15, 0.2) is 11.5 Å². The van der Waals surface area contributed by atoms with Crippen LogP contribution in [0.3, 0.4) is 0 Å². The lowest BCUT2D eigenvalue weighted by Crippen LogP contribution is -2.43. The molecule has 4 nitrogen and oxygen atoms in total. The highest BCUT2D eigenvalue weighted by atomic mass is 16.5. The number of carbonyl (C=O) groups excluding carboxylic acids is 1. The maximum atomic E-state index is 12.3. The Morgan fingerprint density at radius 2 is 1.73 bits per heavy atom. The van der Waals surface area contributed by atoms with Crippen molar-refractivity contribution >= 4 is 5.91 Å². The SMILES string of the molecule is COc1cc2c(cc1OC)CC(N1CCCCCC1=O)CC2. The zero-order chi connectivity index (χ0) is 15.5. The van der Waals surface area contributed by atoms with Gasteiger partial charge in [-0.2, -0.15) is 0 Å². The van der Waals surface area contributed by atoms with Gasteiger partial charge in [0.25, 0.3) is 0 Å². The molecule has 0 aromatic heterocycles. The highest BCUT2D eigenvalue weighted by Gasteiger charge is 2.29. The lowest BCUT2D eigenvalue weighted by molar-refractivity contribution is -0.133. The van der Waals surface area contributed by atoms with Gasteiger partial charge < -0.3 is 14.4 Å². The lowest BCUT2D eigenvalue weighted by atomic mass is 9.87. The molecule has 1 aromatic rings. The smallest absolute Gasteiger partial charge is 0.222 e. The number of benzene rings is 1. The zero-order valence-electron chi connectivity index (χ0n) is 13.6. The summed E-state index contributed by atoms with van der Waals surface area (Å²) in [5.74, 6) is 1.92. The van der Waals surface area contributed by atoms with Gasteiger partial charge in [-0.05, 0) is 55.4 Å². The summed E-state index contributed by atoms with van der Waals surface area (Å²) in [4.78, 5) is 14.5. The quantitative estimate of drug-likeness (QED) is 0.862. The Kier molecular flexibility index (Phi) is 4.55. The molecule has 1 aromatic carbocycles. The maximum absolute atomic E-state index is 12.3. The third kappa shape index (κ3) is 2.92. The number of rotatable bonds is 3. The monoisotopic (exact) mass is 303 g/mol. The molecule has 1 atom stereocenters. The van der Waals surface area contributed by atoms with Gasteiger partial charge in [0.1, 0.15) is 0 Å². The fourth-order valence-electron chi connectivity index (χ4n) is 3.72. The minimum absolute atomic E-state index is 0.339. The Bertz CT molecular complexity index is 556. The van der Waals surface area contributed by atoms with Crippen LogP contribution in [0.2, 0.25) is 0 Å². The summed E-state index contributed by atoms with van der Waals surface area (Å²) >= 11 is 0. The van der Waals surface area contributed by atoms with Gasteiger partial charge in [-0.1, -0.05) is 6.42 Å². The molecule has 0 bridgehead atoms. The van der Waals surface area contributed by atoms with Crippen LogP contribution in [0.4, 0.5) is 0 Å². The molecular formula is C18H25NO3. The number of amides is 1. The first kappa shape index (κ1) is 15.2. The van der Waals surface area contributed by atoms with Crippen LogP contribution in [-0.4, -0.2) is 37.6 Å². The van der Waals surface area contributed by atoms with Crippen molar-refractivity contribution in [1.82, 2.24) is 4.90 Å². The van der Waals surface area contributed by atoms with Gasteiger partial charge in [-0.15, -0.1) is 0 Å². The molecule has 2 aliphatic rings. The van der Waals surface area contributed by atoms with E-state index in [2.05, 4.69) is 17.0 Å². The molecule has 1 amide bonds. The van der Waals surface area contributed by atoms with Gasteiger partial charge in [0.05, 0.1) is 14.2 Å². The third-order valence-corrected chi connectivity index (χ3v) is 4.96. The van der Waals surface area contributed by atoms with Crippen molar-refractivity contribution in [3.05, 3.63) is 23.3 Å². The van der Waals surface area contributed by atoms with Crippen LogP contribution in [0.25, 0.3) is 0 Å². The molecule has 22 heavy (non-hydrogen) atoms. The molecular weight excluding hydrogens is 278 g/mol. The molecule has 0 spiro atoms. The van der Waals surface area contributed by atoms with Crippen molar-refractivity contribution in [2.45, 2.75) is 51.0 Å². The Morgan fingerprint density at radius 3 is 2.45 bits per heavy atom. The average molecular weight is 303 g/mol. The van der Waals surface area contributed by atoms with Crippen LogP contribution < -0.4 is 9.47 Å². The highest BCUT2D eigenvalue weighted by Crippen LogP contribution is 2.35. The first-order chi connectivity index (χ1) is 10.7. The number of methoxy groups -OCH3 is 2. The van der Waals surface area contributed by atoms with Gasteiger partial charge in [-0.25, -0.2) is 0 Å². The van der Waals surface area contributed by atoms with E-state index in [1.54, 1.807) is 14.2 Å². The van der Waals surface area contributed by atoms with Crippen LogP contribution in [0.1, 0.15) is 43.2 Å². The van der Waals surface area contributed by atoms with E-state index in [0.717, 1.165) is 56.6 Å². The molecule has 4 heteroatoms. The topological polar surface area (TPSA) is 38.8 Å². The molecule has 0 radical (unpaired) electrons. The van der Waals surface area contributed by atoms with E-state index in [1.807, 2.05) is 0 Å². The van der Waals surface area contributed by atoms with Crippen LogP contribution in [0.5, 0.6) is 11.5 Å². The second kappa shape index (κ2) is 6.59. The fourth-order valence-corrected chi connectivity index (χ4v) is 3.72. The molecule has 1 fully saturated rings. The predicted octanol–water partition coefficient (Wildman–Crippen LogP) is 2.96. The molecule has 1 heterocycles. The van der Waals surface area contributed by atoms with Crippen molar-refractivity contribution in [3.63, 3.8) is 0 Å². The summed E-state index contributed by atoms with van der Waals surface area (Å²) in [6.45, 7) is 0.923. The fraction of sp³-hybridized carbons (Fsp3) is 0.611. The number of ether oxygens (including phenoxy) is 2. The molecule has 3 rings (SSSR count). The largest absolute Gasteiger partial charge is 0.493 e. The average Bonchev–Trinajstić information content (AvgIpc) is 2.77. The predicted molar refractivity (Wildman–Crippen MR) is 85.5 cm³/mol. The molecule has 1 saturated heterocycles. The second-order valence-corrected chi connectivity index (χ2v) is 6.27. The van der Waals surface area contributed by atoms with Crippen molar-refractivity contribution in [3.8, 4) is 11.5 Å². The lowest BCUT2D eigenvalue weighted by Gasteiger charge is -2.35. The van der Waals surface area contributed by atoms with Gasteiger partial charge in [0, 0.05) is 19.0 Å². The summed E-state index contributed by atoms with van der Waals surface area (Å²) in [5.41, 5.74) is 2.63. The number of nitrogens with zero attached hydrogens (tertiary/aromatic N) is 1. The Balaban J connectivity index is 1.82. The molecule has 0 N–H and O–H groups in total. The normalized spacial score (nSPS) is 22.0. The summed E-state index contributed by atoms with van der Waals surface area (Å²) < 4.78 is 10.8. The Morgan fingerprint density at radius 1 is 1.00 bits per heavy atom. The van der Waals surface area contributed by atoms with E-state index in [1.165, 1.54) is 17.5 Å². The number of aryl methyl sites for hydroxylation is 1. The van der Waals surface area contributed by atoms with Crippen molar-refractivity contribution in [2.75, 3.05) is 20.8 Å². The van der Waals surface area contributed by atoms with Crippen molar-refractivity contribution < 1.29 is 14.3 Å².